The van der Waals surface area contributed by atoms with Crippen molar-refractivity contribution in [2.45, 2.75) is 26.4 Å². The summed E-state index contributed by atoms with van der Waals surface area (Å²) >= 11 is 0. The number of carbonyl (C=O) groups excluding carboxylic acids is 2. The lowest BCUT2D eigenvalue weighted by Gasteiger charge is -2.27. The summed E-state index contributed by atoms with van der Waals surface area (Å²) in [4.78, 5) is 30.8. The number of ketones is 1. The molecule has 0 fully saturated rings. The average molecular weight is 352 g/mol. The molecule has 1 aliphatic rings. The molecular formula is C20H20N2O4. The normalized spacial score (nSPS) is 17.3. The lowest BCUT2D eigenvalue weighted by molar-refractivity contribution is -0.130. The van der Waals surface area contributed by atoms with Gasteiger partial charge in [0.1, 0.15) is 5.75 Å². The number of phenols is 1. The Kier molecular flexibility index (Phi) is 4.75. The monoisotopic (exact) mass is 352 g/mol. The Balaban J connectivity index is 2.07. The van der Waals surface area contributed by atoms with Crippen LogP contribution in [0, 0.1) is 5.92 Å². The molecule has 2 aromatic rings. The smallest absolute Gasteiger partial charge is 0.290 e. The number of hydrogen-bond acceptors (Lipinski definition) is 5. The number of aliphatic hydroxyl groups excluding tert-OH is 1. The molecule has 1 unspecified atom stereocenters. The molecule has 2 N–H and O–H groups in total. The van der Waals surface area contributed by atoms with Crippen LogP contribution in [0.15, 0.2) is 60.1 Å². The molecule has 1 atom stereocenters. The van der Waals surface area contributed by atoms with Gasteiger partial charge >= 0.3 is 0 Å². The molecule has 0 bridgehead atoms. The van der Waals surface area contributed by atoms with Crippen LogP contribution in [0.1, 0.15) is 31.0 Å². The first-order valence-corrected chi connectivity index (χ1v) is 8.36. The first-order valence-electron chi connectivity index (χ1n) is 8.36. The van der Waals surface area contributed by atoms with E-state index in [-0.39, 0.29) is 29.6 Å². The predicted molar refractivity (Wildman–Crippen MR) is 95.1 cm³/mol. The molecule has 1 aliphatic heterocycles. The molecule has 2 heterocycles. The van der Waals surface area contributed by atoms with Crippen molar-refractivity contribution in [2.75, 3.05) is 0 Å². The van der Waals surface area contributed by atoms with Gasteiger partial charge in [0.15, 0.2) is 11.5 Å². The van der Waals surface area contributed by atoms with Crippen LogP contribution < -0.4 is 0 Å². The van der Waals surface area contributed by atoms with E-state index in [1.54, 1.807) is 50.5 Å². The second-order valence-electron chi connectivity index (χ2n) is 6.56. The number of carbonyl (C=O) groups is 2. The zero-order chi connectivity index (χ0) is 18.8. The summed E-state index contributed by atoms with van der Waals surface area (Å²) in [6.45, 7) is 3.69. The van der Waals surface area contributed by atoms with Crippen molar-refractivity contribution < 1.29 is 19.8 Å². The van der Waals surface area contributed by atoms with Gasteiger partial charge in [0.05, 0.1) is 11.6 Å². The minimum absolute atomic E-state index is 0.0868. The molecular weight excluding hydrogens is 332 g/mol. The van der Waals surface area contributed by atoms with Crippen LogP contribution >= 0.6 is 0 Å². The van der Waals surface area contributed by atoms with Crippen LogP contribution in [-0.4, -0.2) is 31.8 Å². The van der Waals surface area contributed by atoms with E-state index in [9.17, 15) is 19.8 Å². The summed E-state index contributed by atoms with van der Waals surface area (Å²) in [5, 5.41) is 20.0. The van der Waals surface area contributed by atoms with E-state index in [4.69, 9.17) is 0 Å². The lowest BCUT2D eigenvalue weighted by atomic mass is 9.91. The van der Waals surface area contributed by atoms with E-state index in [2.05, 4.69) is 4.98 Å². The minimum atomic E-state index is -0.703. The van der Waals surface area contributed by atoms with Crippen molar-refractivity contribution in [3.05, 3.63) is 71.3 Å². The van der Waals surface area contributed by atoms with E-state index in [1.165, 1.54) is 17.0 Å². The average Bonchev–Trinajstić information content (AvgIpc) is 2.87. The summed E-state index contributed by atoms with van der Waals surface area (Å²) in [6, 6.07) is 9.15. The highest BCUT2D eigenvalue weighted by Crippen LogP contribution is 2.40. The molecule has 3 rings (SSSR count). The number of aromatic hydroxyl groups is 1. The lowest BCUT2D eigenvalue weighted by Crippen LogP contribution is -2.31. The first-order chi connectivity index (χ1) is 12.4. The molecule has 0 aliphatic carbocycles. The van der Waals surface area contributed by atoms with E-state index in [0.29, 0.717) is 5.56 Å². The summed E-state index contributed by atoms with van der Waals surface area (Å²) < 4.78 is 0. The number of aromatic nitrogens is 1. The van der Waals surface area contributed by atoms with Gasteiger partial charge in [0.25, 0.3) is 5.91 Å². The molecule has 26 heavy (non-hydrogen) atoms. The van der Waals surface area contributed by atoms with E-state index < -0.39 is 17.7 Å². The molecule has 6 heteroatoms. The molecule has 0 saturated carbocycles. The number of amides is 1. The van der Waals surface area contributed by atoms with Crippen molar-refractivity contribution in [1.29, 1.82) is 0 Å². The van der Waals surface area contributed by atoms with Crippen LogP contribution in [0.5, 0.6) is 5.75 Å². The Hall–Kier alpha value is -3.15. The zero-order valence-corrected chi connectivity index (χ0v) is 14.6. The third-order valence-electron chi connectivity index (χ3n) is 4.40. The number of aliphatic hydroxyl groups is 1. The van der Waals surface area contributed by atoms with Gasteiger partial charge in [0.2, 0.25) is 0 Å². The second kappa shape index (κ2) is 7.00. The molecule has 1 aromatic heterocycles. The van der Waals surface area contributed by atoms with Crippen molar-refractivity contribution >= 4 is 11.7 Å². The molecule has 6 nitrogen and oxygen atoms in total. The third kappa shape index (κ3) is 3.18. The van der Waals surface area contributed by atoms with Crippen molar-refractivity contribution in [3.8, 4) is 5.75 Å². The number of Topliss-reactive ketones (excluding diaryl/α,β-unsaturated/α-hetero) is 1. The fraction of sp³-hybridized carbons (Fsp3) is 0.250. The quantitative estimate of drug-likeness (QED) is 0.863. The summed E-state index contributed by atoms with van der Waals surface area (Å²) in [5.74, 6) is -1.63. The van der Waals surface area contributed by atoms with E-state index in [1.807, 2.05) is 0 Å². The van der Waals surface area contributed by atoms with Crippen LogP contribution in [-0.2, 0) is 16.1 Å². The predicted octanol–water partition coefficient (Wildman–Crippen LogP) is 2.91. The molecule has 0 saturated heterocycles. The van der Waals surface area contributed by atoms with Gasteiger partial charge in [-0.3, -0.25) is 14.6 Å². The van der Waals surface area contributed by atoms with Crippen molar-refractivity contribution in [3.63, 3.8) is 0 Å². The second-order valence-corrected chi connectivity index (χ2v) is 6.56. The Bertz CT molecular complexity index is 857. The topological polar surface area (TPSA) is 90.7 Å². The number of benzene rings is 1. The summed E-state index contributed by atoms with van der Waals surface area (Å²) in [5.41, 5.74) is 1.59. The Morgan fingerprint density at radius 1 is 1.12 bits per heavy atom. The number of nitrogens with zero attached hydrogens (tertiary/aromatic N) is 2. The molecule has 134 valence electrons. The zero-order valence-electron chi connectivity index (χ0n) is 14.6. The highest BCUT2D eigenvalue weighted by Gasteiger charge is 2.43. The van der Waals surface area contributed by atoms with E-state index >= 15 is 0 Å². The Morgan fingerprint density at radius 2 is 1.73 bits per heavy atom. The maximum Gasteiger partial charge on any atom is 0.290 e. The number of rotatable bonds is 5. The van der Waals surface area contributed by atoms with Crippen molar-refractivity contribution in [2.24, 2.45) is 5.92 Å². The fourth-order valence-corrected chi connectivity index (χ4v) is 3.07. The third-order valence-corrected chi connectivity index (χ3v) is 4.40. The highest BCUT2D eigenvalue weighted by molar-refractivity contribution is 6.09. The first kappa shape index (κ1) is 17.7. The summed E-state index contributed by atoms with van der Waals surface area (Å²) in [7, 11) is 0. The standard InChI is InChI=1S/C20H20N2O4/c1-12(2)18(24)16-17(14-3-5-15(23)6-4-14)22(20(26)19(16)25)11-13-7-9-21-10-8-13/h3-10,12,17,23,25H,11H2,1-2H3. The number of hydrogen-bond donors (Lipinski definition) is 2. The van der Waals surface area contributed by atoms with Gasteiger partial charge in [-0.2, -0.15) is 0 Å². The van der Waals surface area contributed by atoms with Gasteiger partial charge in [-0.15, -0.1) is 0 Å². The Labute approximate surface area is 151 Å². The van der Waals surface area contributed by atoms with Gasteiger partial charge in [-0.25, -0.2) is 0 Å². The Morgan fingerprint density at radius 3 is 2.31 bits per heavy atom. The number of pyridine rings is 1. The largest absolute Gasteiger partial charge is 0.508 e. The highest BCUT2D eigenvalue weighted by atomic mass is 16.3. The van der Waals surface area contributed by atoms with Crippen LogP contribution in [0.2, 0.25) is 0 Å². The molecule has 0 spiro atoms. The van der Waals surface area contributed by atoms with Gasteiger partial charge < -0.3 is 15.1 Å². The van der Waals surface area contributed by atoms with Gasteiger partial charge in [-0.05, 0) is 35.4 Å². The molecule has 1 amide bonds. The number of phenolic OH excluding ortho intramolecular Hbond substituents is 1. The van der Waals surface area contributed by atoms with Gasteiger partial charge in [-0.1, -0.05) is 26.0 Å². The SMILES string of the molecule is CC(C)C(=O)C1=C(O)C(=O)N(Cc2ccncc2)C1c1ccc(O)cc1. The van der Waals surface area contributed by atoms with Crippen molar-refractivity contribution in [1.82, 2.24) is 9.88 Å². The van der Waals surface area contributed by atoms with Crippen LogP contribution in [0.25, 0.3) is 0 Å². The maximum atomic E-state index is 12.7. The molecule has 0 radical (unpaired) electrons. The fourth-order valence-electron chi connectivity index (χ4n) is 3.07. The molecule has 1 aromatic carbocycles. The summed E-state index contributed by atoms with van der Waals surface area (Å²) in [6.07, 6.45) is 3.25. The van der Waals surface area contributed by atoms with E-state index in [0.717, 1.165) is 5.56 Å². The maximum absolute atomic E-state index is 12.7. The minimum Gasteiger partial charge on any atom is -0.508 e. The van der Waals surface area contributed by atoms with Crippen LogP contribution in [0.4, 0.5) is 0 Å². The van der Waals surface area contributed by atoms with Gasteiger partial charge in [0, 0.05) is 24.9 Å². The van der Waals surface area contributed by atoms with Crippen LogP contribution in [0.3, 0.4) is 0 Å².